The van der Waals surface area contributed by atoms with Crippen molar-refractivity contribution in [1.82, 2.24) is 29.7 Å². The third-order valence-corrected chi connectivity index (χ3v) is 5.85. The number of amides is 1. The van der Waals surface area contributed by atoms with E-state index in [-0.39, 0.29) is 5.91 Å². The van der Waals surface area contributed by atoms with Crippen molar-refractivity contribution >= 4 is 29.0 Å². The second-order valence-electron chi connectivity index (χ2n) is 8.13. The van der Waals surface area contributed by atoms with Crippen LogP contribution in [0.25, 0.3) is 5.52 Å². The number of hydrogen-bond donors (Lipinski definition) is 2. The Hall–Kier alpha value is -3.88. The quantitative estimate of drug-likeness (QED) is 0.506. The zero-order chi connectivity index (χ0) is 22.1. The summed E-state index contributed by atoms with van der Waals surface area (Å²) in [6, 6.07) is 13.9. The molecule has 1 amide bonds. The molecule has 32 heavy (non-hydrogen) atoms. The van der Waals surface area contributed by atoms with Crippen molar-refractivity contribution < 1.29 is 4.79 Å². The van der Waals surface area contributed by atoms with Gasteiger partial charge < -0.3 is 15.1 Å². The van der Waals surface area contributed by atoms with Crippen molar-refractivity contribution in [2.24, 2.45) is 0 Å². The van der Waals surface area contributed by atoms with Crippen molar-refractivity contribution in [2.45, 2.75) is 20.3 Å². The van der Waals surface area contributed by atoms with Crippen molar-refractivity contribution in [3.8, 4) is 0 Å². The average Bonchev–Trinajstić information content (AvgIpc) is 3.44. The molecule has 1 fully saturated rings. The van der Waals surface area contributed by atoms with E-state index in [9.17, 15) is 4.79 Å². The smallest absolute Gasteiger partial charge is 0.245 e. The Morgan fingerprint density at radius 1 is 1.09 bits per heavy atom. The Labute approximate surface area is 186 Å². The summed E-state index contributed by atoms with van der Waals surface area (Å²) in [5, 5.41) is 15.1. The molecule has 0 unspecified atom stereocenters. The number of fused-ring (bicyclic) bond motifs is 1. The molecule has 0 atom stereocenters. The molecule has 0 saturated carbocycles. The first-order valence-electron chi connectivity index (χ1n) is 10.8. The first-order chi connectivity index (χ1) is 15.6. The van der Waals surface area contributed by atoms with Crippen LogP contribution in [0.2, 0.25) is 0 Å². The molecule has 3 aromatic heterocycles. The topological polar surface area (TPSA) is 94.5 Å². The Kier molecular flexibility index (Phi) is 5.22. The van der Waals surface area contributed by atoms with Crippen molar-refractivity contribution in [3.05, 3.63) is 65.5 Å². The number of benzene rings is 1. The molecule has 0 radical (unpaired) electrons. The van der Waals surface area contributed by atoms with Gasteiger partial charge in [-0.25, -0.2) is 4.52 Å². The molecule has 0 bridgehead atoms. The zero-order valence-electron chi connectivity index (χ0n) is 18.2. The maximum Gasteiger partial charge on any atom is 0.245 e. The molecule has 2 N–H and O–H groups in total. The largest absolute Gasteiger partial charge is 0.339 e. The lowest BCUT2D eigenvalue weighted by Gasteiger charge is -2.35. The predicted octanol–water partition coefficient (Wildman–Crippen LogP) is 2.70. The van der Waals surface area contributed by atoms with E-state index in [1.165, 1.54) is 0 Å². The molecule has 1 saturated heterocycles. The molecule has 0 spiro atoms. The van der Waals surface area contributed by atoms with E-state index in [1.54, 1.807) is 0 Å². The highest BCUT2D eigenvalue weighted by molar-refractivity contribution is 5.79. The minimum atomic E-state index is 0.164. The van der Waals surface area contributed by atoms with Gasteiger partial charge in [-0.1, -0.05) is 24.3 Å². The van der Waals surface area contributed by atoms with Gasteiger partial charge in [-0.2, -0.15) is 10.1 Å². The van der Waals surface area contributed by atoms with Gasteiger partial charge >= 0.3 is 0 Å². The summed E-state index contributed by atoms with van der Waals surface area (Å²) in [6.45, 7) is 6.68. The maximum absolute atomic E-state index is 12.8. The molecule has 1 aromatic carbocycles. The number of aromatic amines is 1. The highest BCUT2D eigenvalue weighted by Gasteiger charge is 2.24. The van der Waals surface area contributed by atoms with Gasteiger partial charge in [0.2, 0.25) is 11.9 Å². The Balaban J connectivity index is 1.29. The van der Waals surface area contributed by atoms with Crippen LogP contribution in [-0.4, -0.2) is 61.8 Å². The summed E-state index contributed by atoms with van der Waals surface area (Å²) in [6.07, 6.45) is 2.35. The standard InChI is InChI=1S/C23H26N8O/c1-16-6-3-4-7-18(16)15-21(32)29-10-12-30(13-11-29)23-25-22(19-8-5-9-31(19)28-23)24-20-14-17(2)26-27-20/h3-9,14H,10-13,15H2,1-2H3,(H2,24,25,26,27,28). The minimum Gasteiger partial charge on any atom is -0.339 e. The van der Waals surface area contributed by atoms with Crippen LogP contribution in [-0.2, 0) is 11.2 Å². The summed E-state index contributed by atoms with van der Waals surface area (Å²) in [7, 11) is 0. The van der Waals surface area contributed by atoms with Gasteiger partial charge in [-0.15, -0.1) is 5.10 Å². The Morgan fingerprint density at radius 2 is 1.91 bits per heavy atom. The van der Waals surface area contributed by atoms with Crippen molar-refractivity contribution in [2.75, 3.05) is 36.4 Å². The van der Waals surface area contributed by atoms with E-state index >= 15 is 0 Å². The number of carbonyl (C=O) groups excluding carboxylic acids is 1. The van der Waals surface area contributed by atoms with Crippen LogP contribution in [0, 0.1) is 13.8 Å². The lowest BCUT2D eigenvalue weighted by molar-refractivity contribution is -0.130. The van der Waals surface area contributed by atoms with Gasteiger partial charge in [0.1, 0.15) is 5.52 Å². The molecule has 0 aliphatic carbocycles. The SMILES string of the molecule is Cc1cc(Nc2nc(N3CCN(C(=O)Cc4ccccc4C)CC3)nn3cccc23)n[nH]1. The molecular weight excluding hydrogens is 404 g/mol. The molecular formula is C23H26N8O. The summed E-state index contributed by atoms with van der Waals surface area (Å²) >= 11 is 0. The van der Waals surface area contributed by atoms with Gasteiger partial charge in [-0.05, 0) is 37.1 Å². The third kappa shape index (κ3) is 4.01. The molecule has 9 heteroatoms. The number of nitrogens with one attached hydrogen (secondary N) is 2. The van der Waals surface area contributed by atoms with Crippen LogP contribution in [0.3, 0.4) is 0 Å². The van der Waals surface area contributed by atoms with Crippen LogP contribution in [0.1, 0.15) is 16.8 Å². The molecule has 164 valence electrons. The fourth-order valence-electron chi connectivity index (χ4n) is 3.99. The van der Waals surface area contributed by atoms with Crippen molar-refractivity contribution in [3.63, 3.8) is 0 Å². The summed E-state index contributed by atoms with van der Waals surface area (Å²) in [4.78, 5) is 21.6. The summed E-state index contributed by atoms with van der Waals surface area (Å²) in [5.41, 5.74) is 4.09. The van der Waals surface area contributed by atoms with Gasteiger partial charge in [0, 0.05) is 44.1 Å². The lowest BCUT2D eigenvalue weighted by Crippen LogP contribution is -2.49. The zero-order valence-corrected chi connectivity index (χ0v) is 18.2. The van der Waals surface area contributed by atoms with Crippen LogP contribution < -0.4 is 10.2 Å². The second-order valence-corrected chi connectivity index (χ2v) is 8.13. The first kappa shape index (κ1) is 20.0. The second kappa shape index (κ2) is 8.33. The fourth-order valence-corrected chi connectivity index (χ4v) is 3.99. The highest BCUT2D eigenvalue weighted by Crippen LogP contribution is 2.23. The van der Waals surface area contributed by atoms with Gasteiger partial charge in [0.25, 0.3) is 0 Å². The molecule has 9 nitrogen and oxygen atoms in total. The van der Waals surface area contributed by atoms with E-state index in [1.807, 2.05) is 71.9 Å². The van der Waals surface area contributed by atoms with Gasteiger partial charge in [0.05, 0.1) is 6.42 Å². The number of aromatic nitrogens is 5. The Morgan fingerprint density at radius 3 is 2.66 bits per heavy atom. The maximum atomic E-state index is 12.8. The van der Waals surface area contributed by atoms with Crippen LogP contribution >= 0.6 is 0 Å². The molecule has 1 aliphatic heterocycles. The van der Waals surface area contributed by atoms with E-state index in [0.29, 0.717) is 50.2 Å². The highest BCUT2D eigenvalue weighted by atomic mass is 16.2. The number of aryl methyl sites for hydroxylation is 2. The van der Waals surface area contributed by atoms with E-state index in [4.69, 9.17) is 4.98 Å². The first-order valence-corrected chi connectivity index (χ1v) is 10.8. The summed E-state index contributed by atoms with van der Waals surface area (Å²) < 4.78 is 1.82. The van der Waals surface area contributed by atoms with Gasteiger partial charge in [0.15, 0.2) is 11.6 Å². The monoisotopic (exact) mass is 430 g/mol. The number of nitrogens with zero attached hydrogens (tertiary/aromatic N) is 6. The number of carbonyl (C=O) groups is 1. The van der Waals surface area contributed by atoms with E-state index in [2.05, 4.69) is 25.5 Å². The normalized spacial score (nSPS) is 14.2. The Bertz CT molecular complexity index is 1250. The van der Waals surface area contributed by atoms with Crippen LogP contribution in [0.4, 0.5) is 17.6 Å². The van der Waals surface area contributed by atoms with E-state index in [0.717, 1.165) is 22.3 Å². The number of hydrogen-bond acceptors (Lipinski definition) is 6. The van der Waals surface area contributed by atoms with Gasteiger partial charge in [-0.3, -0.25) is 9.89 Å². The lowest BCUT2D eigenvalue weighted by atomic mass is 10.1. The molecule has 4 heterocycles. The average molecular weight is 431 g/mol. The predicted molar refractivity (Wildman–Crippen MR) is 123 cm³/mol. The van der Waals surface area contributed by atoms with Crippen LogP contribution in [0.5, 0.6) is 0 Å². The van der Waals surface area contributed by atoms with E-state index < -0.39 is 0 Å². The fraction of sp³-hybridized carbons (Fsp3) is 0.304. The minimum absolute atomic E-state index is 0.164. The molecule has 4 aromatic rings. The number of anilines is 3. The van der Waals surface area contributed by atoms with Crippen LogP contribution in [0.15, 0.2) is 48.7 Å². The van der Waals surface area contributed by atoms with Crippen molar-refractivity contribution in [1.29, 1.82) is 0 Å². The number of H-pyrrole nitrogens is 1. The third-order valence-electron chi connectivity index (χ3n) is 5.85. The molecule has 5 rings (SSSR count). The number of piperazine rings is 1. The number of rotatable bonds is 5. The summed E-state index contributed by atoms with van der Waals surface area (Å²) in [5.74, 6) is 2.21. The molecule has 1 aliphatic rings.